The first-order chi connectivity index (χ1) is 9.27. The van der Waals surface area contributed by atoms with Gasteiger partial charge in [-0.1, -0.05) is 37.3 Å². The highest BCUT2D eigenvalue weighted by atomic mass is 16.5. The van der Waals surface area contributed by atoms with Gasteiger partial charge in [0.25, 0.3) is 0 Å². The molecule has 4 heteroatoms. The number of nitrogens with one attached hydrogen (secondary N) is 2. The Hall–Kier alpha value is -1.39. The van der Waals surface area contributed by atoms with E-state index < -0.39 is 0 Å². The highest BCUT2D eigenvalue weighted by molar-refractivity contribution is 5.76. The van der Waals surface area contributed by atoms with Crippen LogP contribution in [0.4, 0.5) is 0 Å². The maximum absolute atomic E-state index is 11.5. The third kappa shape index (κ3) is 6.36. The molecule has 1 atom stereocenters. The predicted molar refractivity (Wildman–Crippen MR) is 77.0 cm³/mol. The van der Waals surface area contributed by atoms with Crippen molar-refractivity contribution in [2.24, 2.45) is 0 Å². The van der Waals surface area contributed by atoms with Gasteiger partial charge in [-0.15, -0.1) is 0 Å². The standard InChI is InChI=1S/C15H24N2O2/c1-3-14(13-7-5-4-6-8-13)16-10-9-15(18)17-11-12-19-2/h4-8,14,16H,3,9-12H2,1-2H3,(H,17,18). The summed E-state index contributed by atoms with van der Waals surface area (Å²) in [5, 5.41) is 6.23. The van der Waals surface area contributed by atoms with E-state index in [1.165, 1.54) is 5.56 Å². The summed E-state index contributed by atoms with van der Waals surface area (Å²) in [5.41, 5.74) is 1.27. The Morgan fingerprint density at radius 3 is 2.63 bits per heavy atom. The van der Waals surface area contributed by atoms with Gasteiger partial charge in [0.05, 0.1) is 6.61 Å². The highest BCUT2D eigenvalue weighted by Crippen LogP contribution is 2.15. The van der Waals surface area contributed by atoms with Gasteiger partial charge in [0.1, 0.15) is 0 Å². The van der Waals surface area contributed by atoms with Gasteiger partial charge in [-0.3, -0.25) is 4.79 Å². The lowest BCUT2D eigenvalue weighted by Gasteiger charge is -2.17. The number of rotatable bonds is 9. The zero-order valence-electron chi connectivity index (χ0n) is 11.8. The summed E-state index contributed by atoms with van der Waals surface area (Å²) >= 11 is 0. The van der Waals surface area contributed by atoms with Crippen molar-refractivity contribution >= 4 is 5.91 Å². The lowest BCUT2D eigenvalue weighted by molar-refractivity contribution is -0.121. The lowest BCUT2D eigenvalue weighted by atomic mass is 10.0. The summed E-state index contributed by atoms with van der Waals surface area (Å²) in [7, 11) is 1.62. The van der Waals surface area contributed by atoms with Crippen LogP contribution in [0.2, 0.25) is 0 Å². The molecular weight excluding hydrogens is 240 g/mol. The van der Waals surface area contributed by atoms with Gasteiger partial charge < -0.3 is 15.4 Å². The molecular formula is C15H24N2O2. The Morgan fingerprint density at radius 1 is 1.26 bits per heavy atom. The number of carbonyl (C=O) groups is 1. The van der Waals surface area contributed by atoms with E-state index in [0.717, 1.165) is 6.42 Å². The van der Waals surface area contributed by atoms with Crippen LogP contribution in [0.1, 0.15) is 31.4 Å². The van der Waals surface area contributed by atoms with Gasteiger partial charge in [0, 0.05) is 32.7 Å². The number of carbonyl (C=O) groups excluding carboxylic acids is 1. The van der Waals surface area contributed by atoms with Gasteiger partial charge in [0.15, 0.2) is 0 Å². The third-order valence-corrected chi connectivity index (χ3v) is 2.98. The Morgan fingerprint density at radius 2 is 2.00 bits per heavy atom. The average molecular weight is 264 g/mol. The molecule has 1 rings (SSSR count). The number of amides is 1. The molecule has 4 nitrogen and oxygen atoms in total. The summed E-state index contributed by atoms with van der Waals surface area (Å²) < 4.78 is 4.88. The second-order valence-electron chi connectivity index (χ2n) is 4.42. The van der Waals surface area contributed by atoms with Crippen molar-refractivity contribution in [2.75, 3.05) is 26.8 Å². The smallest absolute Gasteiger partial charge is 0.221 e. The van der Waals surface area contributed by atoms with Crippen LogP contribution in [0, 0.1) is 0 Å². The van der Waals surface area contributed by atoms with E-state index in [2.05, 4.69) is 29.7 Å². The van der Waals surface area contributed by atoms with Gasteiger partial charge >= 0.3 is 0 Å². The fraction of sp³-hybridized carbons (Fsp3) is 0.533. The van der Waals surface area contributed by atoms with Crippen molar-refractivity contribution < 1.29 is 9.53 Å². The summed E-state index contributed by atoms with van der Waals surface area (Å²) in [4.78, 5) is 11.5. The first kappa shape index (κ1) is 15.7. The molecule has 0 saturated heterocycles. The van der Waals surface area contributed by atoms with E-state index in [9.17, 15) is 4.79 Å². The van der Waals surface area contributed by atoms with Crippen LogP contribution < -0.4 is 10.6 Å². The molecule has 0 fully saturated rings. The highest BCUT2D eigenvalue weighted by Gasteiger charge is 2.08. The van der Waals surface area contributed by atoms with Crippen LogP contribution in [0.15, 0.2) is 30.3 Å². The second kappa shape index (κ2) is 9.53. The third-order valence-electron chi connectivity index (χ3n) is 2.98. The molecule has 0 heterocycles. The van der Waals surface area contributed by atoms with Gasteiger partial charge in [0.2, 0.25) is 5.91 Å². The molecule has 1 aromatic rings. The molecule has 106 valence electrons. The number of hydrogen-bond acceptors (Lipinski definition) is 3. The Labute approximate surface area is 115 Å². The molecule has 0 aliphatic heterocycles. The number of ether oxygens (including phenoxy) is 1. The van der Waals surface area contributed by atoms with E-state index in [1.807, 2.05) is 18.2 Å². The zero-order chi connectivity index (χ0) is 13.9. The van der Waals surface area contributed by atoms with E-state index in [0.29, 0.717) is 32.2 Å². The molecule has 0 aliphatic carbocycles. The van der Waals surface area contributed by atoms with Crippen LogP contribution >= 0.6 is 0 Å². The Bertz CT molecular complexity index is 354. The van der Waals surface area contributed by atoms with Crippen molar-refractivity contribution in [3.05, 3.63) is 35.9 Å². The minimum atomic E-state index is 0.0625. The van der Waals surface area contributed by atoms with E-state index in [1.54, 1.807) is 7.11 Å². The van der Waals surface area contributed by atoms with Crippen LogP contribution in [0.5, 0.6) is 0 Å². The minimum absolute atomic E-state index is 0.0625. The topological polar surface area (TPSA) is 50.4 Å². The molecule has 0 bridgehead atoms. The number of hydrogen-bond donors (Lipinski definition) is 2. The maximum Gasteiger partial charge on any atom is 0.221 e. The minimum Gasteiger partial charge on any atom is -0.383 e. The van der Waals surface area contributed by atoms with Crippen LogP contribution in [0.3, 0.4) is 0 Å². The van der Waals surface area contributed by atoms with Crippen molar-refractivity contribution in [1.29, 1.82) is 0 Å². The fourth-order valence-corrected chi connectivity index (χ4v) is 1.92. The van der Waals surface area contributed by atoms with Crippen molar-refractivity contribution in [3.8, 4) is 0 Å². The Kier molecular flexibility index (Phi) is 7.86. The normalized spacial score (nSPS) is 12.1. The zero-order valence-corrected chi connectivity index (χ0v) is 11.8. The first-order valence-corrected chi connectivity index (χ1v) is 6.82. The van der Waals surface area contributed by atoms with Gasteiger partial charge in [-0.05, 0) is 12.0 Å². The lowest BCUT2D eigenvalue weighted by Crippen LogP contribution is -2.31. The molecule has 0 spiro atoms. The van der Waals surface area contributed by atoms with Crippen molar-refractivity contribution in [2.45, 2.75) is 25.8 Å². The van der Waals surface area contributed by atoms with Crippen molar-refractivity contribution in [3.63, 3.8) is 0 Å². The van der Waals surface area contributed by atoms with Crippen LogP contribution in [0.25, 0.3) is 0 Å². The van der Waals surface area contributed by atoms with Crippen LogP contribution in [-0.4, -0.2) is 32.7 Å². The largest absolute Gasteiger partial charge is 0.383 e. The number of benzene rings is 1. The molecule has 0 radical (unpaired) electrons. The SMILES string of the molecule is CCC(NCCC(=O)NCCOC)c1ccccc1. The summed E-state index contributed by atoms with van der Waals surface area (Å²) in [6.45, 7) is 3.96. The average Bonchev–Trinajstić information content (AvgIpc) is 2.45. The van der Waals surface area contributed by atoms with Crippen molar-refractivity contribution in [1.82, 2.24) is 10.6 Å². The summed E-state index contributed by atoms with van der Waals surface area (Å²) in [6, 6.07) is 10.6. The van der Waals surface area contributed by atoms with E-state index in [4.69, 9.17) is 4.74 Å². The molecule has 1 unspecified atom stereocenters. The van der Waals surface area contributed by atoms with Gasteiger partial charge in [-0.2, -0.15) is 0 Å². The fourth-order valence-electron chi connectivity index (χ4n) is 1.92. The Balaban J connectivity index is 2.25. The predicted octanol–water partition coefficient (Wildman–Crippen LogP) is 1.88. The molecule has 0 saturated carbocycles. The summed E-state index contributed by atoms with van der Waals surface area (Å²) in [5.74, 6) is 0.0625. The molecule has 0 aromatic heterocycles. The maximum atomic E-state index is 11.5. The van der Waals surface area contributed by atoms with Crippen LogP contribution in [-0.2, 0) is 9.53 Å². The molecule has 2 N–H and O–H groups in total. The van der Waals surface area contributed by atoms with E-state index in [-0.39, 0.29) is 5.91 Å². The monoisotopic (exact) mass is 264 g/mol. The number of methoxy groups -OCH3 is 1. The van der Waals surface area contributed by atoms with E-state index >= 15 is 0 Å². The first-order valence-electron chi connectivity index (χ1n) is 6.82. The molecule has 1 amide bonds. The summed E-state index contributed by atoms with van der Waals surface area (Å²) in [6.07, 6.45) is 1.50. The van der Waals surface area contributed by atoms with Gasteiger partial charge in [-0.25, -0.2) is 0 Å². The molecule has 0 aliphatic rings. The quantitative estimate of drug-likeness (QED) is 0.670. The molecule has 19 heavy (non-hydrogen) atoms. The molecule has 1 aromatic carbocycles. The second-order valence-corrected chi connectivity index (χ2v) is 4.42.